The summed E-state index contributed by atoms with van der Waals surface area (Å²) in [5.41, 5.74) is -0.402. The standard InChI is InChI=1S/C12H6BrFN2O4S/c13-7-4-15-5-9(16(19)20)11(7)21-10-3-6(12(17)18)1-2-8(10)14/h1-5H,(H,17,18). The molecule has 6 nitrogen and oxygen atoms in total. The van der Waals surface area contributed by atoms with E-state index in [1.807, 2.05) is 0 Å². The largest absolute Gasteiger partial charge is 0.478 e. The highest BCUT2D eigenvalue weighted by atomic mass is 79.9. The van der Waals surface area contributed by atoms with Crippen molar-refractivity contribution in [2.24, 2.45) is 0 Å². The van der Waals surface area contributed by atoms with E-state index in [-0.39, 0.29) is 21.0 Å². The van der Waals surface area contributed by atoms with Gasteiger partial charge in [0.1, 0.15) is 16.9 Å². The van der Waals surface area contributed by atoms with Crippen molar-refractivity contribution >= 4 is 39.3 Å². The predicted molar refractivity (Wildman–Crippen MR) is 76.1 cm³/mol. The average molecular weight is 373 g/mol. The second kappa shape index (κ2) is 6.19. The SMILES string of the molecule is O=C(O)c1ccc(F)c(Sc2c(Br)cncc2[N+](=O)[O-])c1. The number of aromatic carboxylic acids is 1. The first kappa shape index (κ1) is 15.4. The van der Waals surface area contributed by atoms with Gasteiger partial charge in [0.25, 0.3) is 0 Å². The summed E-state index contributed by atoms with van der Waals surface area (Å²) in [6.07, 6.45) is 2.39. The van der Waals surface area contributed by atoms with Crippen molar-refractivity contribution in [2.75, 3.05) is 0 Å². The molecule has 0 fully saturated rings. The molecule has 108 valence electrons. The minimum Gasteiger partial charge on any atom is -0.478 e. The van der Waals surface area contributed by atoms with Crippen LogP contribution in [0.2, 0.25) is 0 Å². The van der Waals surface area contributed by atoms with Crippen LogP contribution in [0.1, 0.15) is 10.4 Å². The highest BCUT2D eigenvalue weighted by Gasteiger charge is 2.20. The van der Waals surface area contributed by atoms with Crippen molar-refractivity contribution in [3.63, 3.8) is 0 Å². The molecular formula is C12H6BrFN2O4S. The van der Waals surface area contributed by atoms with Crippen molar-refractivity contribution in [2.45, 2.75) is 9.79 Å². The summed E-state index contributed by atoms with van der Waals surface area (Å²) >= 11 is 3.88. The molecule has 9 heteroatoms. The van der Waals surface area contributed by atoms with Gasteiger partial charge in [0.15, 0.2) is 0 Å². The number of carboxylic acids is 1. The maximum Gasteiger partial charge on any atom is 0.335 e. The summed E-state index contributed by atoms with van der Waals surface area (Å²) in [6, 6.07) is 3.25. The molecule has 2 aromatic rings. The molecule has 0 radical (unpaired) electrons. The lowest BCUT2D eigenvalue weighted by molar-refractivity contribution is -0.388. The molecule has 1 aromatic heterocycles. The molecule has 0 amide bonds. The van der Waals surface area contributed by atoms with Gasteiger partial charge in [0.2, 0.25) is 0 Å². The number of hydrogen-bond acceptors (Lipinski definition) is 5. The molecule has 0 spiro atoms. The topological polar surface area (TPSA) is 93.3 Å². The summed E-state index contributed by atoms with van der Waals surface area (Å²) < 4.78 is 14.1. The first-order valence-electron chi connectivity index (χ1n) is 5.38. The van der Waals surface area contributed by atoms with Crippen molar-refractivity contribution in [3.05, 3.63) is 56.6 Å². The number of benzene rings is 1. The fraction of sp³-hybridized carbons (Fsp3) is 0. The third-order valence-corrected chi connectivity index (χ3v) is 4.45. The average Bonchev–Trinajstić information content (AvgIpc) is 2.42. The Balaban J connectivity index is 2.50. The van der Waals surface area contributed by atoms with Crippen LogP contribution in [0.3, 0.4) is 0 Å². The Kier molecular flexibility index (Phi) is 4.53. The van der Waals surface area contributed by atoms with Gasteiger partial charge in [-0.1, -0.05) is 11.8 Å². The Morgan fingerprint density at radius 2 is 2.14 bits per heavy atom. The van der Waals surface area contributed by atoms with Crippen LogP contribution in [0, 0.1) is 15.9 Å². The number of nitro groups is 1. The van der Waals surface area contributed by atoms with Crippen molar-refractivity contribution in [3.8, 4) is 0 Å². The Morgan fingerprint density at radius 1 is 1.43 bits per heavy atom. The molecule has 1 aromatic carbocycles. The van der Waals surface area contributed by atoms with E-state index < -0.39 is 16.7 Å². The Bertz CT molecular complexity index is 741. The summed E-state index contributed by atoms with van der Waals surface area (Å²) in [5, 5.41) is 19.9. The molecule has 1 heterocycles. The van der Waals surface area contributed by atoms with Crippen LogP contribution in [-0.4, -0.2) is 21.0 Å². The highest BCUT2D eigenvalue weighted by molar-refractivity contribution is 9.10. The quantitative estimate of drug-likeness (QED) is 0.648. The Hall–Kier alpha value is -2.00. The van der Waals surface area contributed by atoms with E-state index >= 15 is 0 Å². The first-order valence-corrected chi connectivity index (χ1v) is 6.99. The monoisotopic (exact) mass is 372 g/mol. The van der Waals surface area contributed by atoms with Gasteiger partial charge in [-0.2, -0.15) is 0 Å². The number of nitrogens with zero attached hydrogens (tertiary/aromatic N) is 2. The van der Waals surface area contributed by atoms with E-state index in [0.29, 0.717) is 4.47 Å². The number of halogens is 2. The molecule has 0 atom stereocenters. The van der Waals surface area contributed by atoms with Crippen LogP contribution < -0.4 is 0 Å². The molecule has 0 bridgehead atoms. The fourth-order valence-corrected chi connectivity index (χ4v) is 2.99. The van der Waals surface area contributed by atoms with Crippen LogP contribution in [0.25, 0.3) is 0 Å². The Labute approximate surface area is 130 Å². The number of aromatic nitrogens is 1. The minimum atomic E-state index is -1.21. The second-order valence-electron chi connectivity index (χ2n) is 3.78. The van der Waals surface area contributed by atoms with Gasteiger partial charge in [0.05, 0.1) is 15.0 Å². The summed E-state index contributed by atoms with van der Waals surface area (Å²) in [4.78, 5) is 25.0. The van der Waals surface area contributed by atoms with E-state index in [9.17, 15) is 19.3 Å². The van der Waals surface area contributed by atoms with Crippen LogP contribution in [0.15, 0.2) is 44.9 Å². The normalized spacial score (nSPS) is 10.4. The van der Waals surface area contributed by atoms with Crippen LogP contribution in [0.4, 0.5) is 10.1 Å². The molecule has 0 unspecified atom stereocenters. The third-order valence-electron chi connectivity index (χ3n) is 2.42. The van der Waals surface area contributed by atoms with Crippen LogP contribution >= 0.6 is 27.7 Å². The van der Waals surface area contributed by atoms with Gasteiger partial charge in [0, 0.05) is 11.1 Å². The zero-order chi connectivity index (χ0) is 15.6. The highest BCUT2D eigenvalue weighted by Crippen LogP contribution is 2.40. The number of carbonyl (C=O) groups is 1. The van der Waals surface area contributed by atoms with Gasteiger partial charge >= 0.3 is 11.7 Å². The number of rotatable bonds is 4. The van der Waals surface area contributed by atoms with Crippen LogP contribution in [-0.2, 0) is 0 Å². The third kappa shape index (κ3) is 3.37. The smallest absolute Gasteiger partial charge is 0.335 e. The van der Waals surface area contributed by atoms with Gasteiger partial charge < -0.3 is 5.11 Å². The molecule has 0 aliphatic rings. The molecule has 0 saturated heterocycles. The molecule has 21 heavy (non-hydrogen) atoms. The summed E-state index contributed by atoms with van der Waals surface area (Å²) in [6.45, 7) is 0. The number of carboxylic acid groups (broad SMARTS) is 1. The fourth-order valence-electron chi connectivity index (χ4n) is 1.47. The van der Waals surface area contributed by atoms with E-state index in [2.05, 4.69) is 20.9 Å². The van der Waals surface area contributed by atoms with Crippen LogP contribution in [0.5, 0.6) is 0 Å². The molecule has 1 N–H and O–H groups in total. The summed E-state index contributed by atoms with van der Waals surface area (Å²) in [7, 11) is 0. The minimum absolute atomic E-state index is 0.0232. The lowest BCUT2D eigenvalue weighted by Gasteiger charge is -2.06. The van der Waals surface area contributed by atoms with Gasteiger partial charge in [-0.3, -0.25) is 15.1 Å². The lowest BCUT2D eigenvalue weighted by atomic mass is 10.2. The van der Waals surface area contributed by atoms with Crippen molar-refractivity contribution < 1.29 is 19.2 Å². The zero-order valence-electron chi connectivity index (χ0n) is 10.1. The number of pyridine rings is 1. The van der Waals surface area contributed by atoms with Crippen molar-refractivity contribution in [1.29, 1.82) is 0 Å². The van der Waals surface area contributed by atoms with E-state index in [4.69, 9.17) is 5.11 Å². The predicted octanol–water partition coefficient (Wildman–Crippen LogP) is 3.74. The summed E-state index contributed by atoms with van der Waals surface area (Å²) in [5.74, 6) is -1.87. The van der Waals surface area contributed by atoms with Crippen molar-refractivity contribution in [1.82, 2.24) is 4.98 Å². The molecule has 0 aliphatic carbocycles. The van der Waals surface area contributed by atoms with Gasteiger partial charge in [-0.05, 0) is 34.1 Å². The zero-order valence-corrected chi connectivity index (χ0v) is 12.5. The first-order chi connectivity index (χ1) is 9.90. The van der Waals surface area contributed by atoms with Gasteiger partial charge in [-0.15, -0.1) is 0 Å². The molecular weight excluding hydrogens is 367 g/mol. The number of hydrogen-bond donors (Lipinski definition) is 1. The lowest BCUT2D eigenvalue weighted by Crippen LogP contribution is -1.98. The molecule has 2 rings (SSSR count). The second-order valence-corrected chi connectivity index (χ2v) is 5.69. The van der Waals surface area contributed by atoms with E-state index in [1.165, 1.54) is 6.20 Å². The molecule has 0 aliphatic heterocycles. The van der Waals surface area contributed by atoms with E-state index in [1.54, 1.807) is 0 Å². The Morgan fingerprint density at radius 3 is 2.76 bits per heavy atom. The maximum atomic E-state index is 13.8. The van der Waals surface area contributed by atoms with E-state index in [0.717, 1.165) is 36.2 Å². The van der Waals surface area contributed by atoms with Gasteiger partial charge in [-0.25, -0.2) is 9.18 Å². The maximum absolute atomic E-state index is 13.8. The molecule has 0 saturated carbocycles.